The van der Waals surface area contributed by atoms with E-state index < -0.39 is 42.3 Å². The molecule has 1 aromatic heterocycles. The van der Waals surface area contributed by atoms with Crippen LogP contribution in [0.5, 0.6) is 0 Å². The third-order valence-corrected chi connectivity index (χ3v) is 7.29. The van der Waals surface area contributed by atoms with Crippen LogP contribution in [0.25, 0.3) is 0 Å². The van der Waals surface area contributed by atoms with Crippen molar-refractivity contribution in [1.82, 2.24) is 25.2 Å². The van der Waals surface area contributed by atoms with E-state index in [9.17, 15) is 24.0 Å². The topological polar surface area (TPSA) is 142 Å². The van der Waals surface area contributed by atoms with E-state index in [-0.39, 0.29) is 25.4 Å². The summed E-state index contributed by atoms with van der Waals surface area (Å²) in [5.41, 5.74) is 1.94. The number of methoxy groups -OCH3 is 1. The number of carbonyl (C=O) groups is 5. The normalized spacial score (nSPS) is 18.0. The van der Waals surface area contributed by atoms with Crippen molar-refractivity contribution in [3.63, 3.8) is 0 Å². The Labute approximate surface area is 244 Å². The van der Waals surface area contributed by atoms with Gasteiger partial charge in [-0.3, -0.25) is 29.0 Å². The summed E-state index contributed by atoms with van der Waals surface area (Å²) in [5.74, 6) is -2.81. The second-order valence-corrected chi connectivity index (χ2v) is 10.0. The van der Waals surface area contributed by atoms with E-state index in [0.717, 1.165) is 23.2 Å². The van der Waals surface area contributed by atoms with Gasteiger partial charge in [-0.2, -0.15) is 5.06 Å². The van der Waals surface area contributed by atoms with Crippen LogP contribution in [-0.2, 0) is 40.1 Å². The molecule has 42 heavy (non-hydrogen) atoms. The van der Waals surface area contributed by atoms with Gasteiger partial charge in [-0.15, -0.1) is 0 Å². The van der Waals surface area contributed by atoms with Gasteiger partial charge in [0.15, 0.2) is 0 Å². The zero-order valence-corrected chi connectivity index (χ0v) is 23.8. The van der Waals surface area contributed by atoms with Crippen LogP contribution in [0, 0.1) is 0 Å². The van der Waals surface area contributed by atoms with E-state index >= 15 is 0 Å². The molecule has 1 N–H and O–H groups in total. The minimum atomic E-state index is -1.25. The number of pyridine rings is 1. The van der Waals surface area contributed by atoms with Gasteiger partial charge < -0.3 is 29.6 Å². The van der Waals surface area contributed by atoms with Crippen molar-refractivity contribution >= 4 is 35.3 Å². The van der Waals surface area contributed by atoms with E-state index in [1.54, 1.807) is 17.3 Å². The average molecular weight is 581 g/mol. The second kappa shape index (κ2) is 14.4. The Morgan fingerprint density at radius 2 is 1.67 bits per heavy atom. The number of nitrogens with zero attached hydrogens (tertiary/aromatic N) is 5. The first-order chi connectivity index (χ1) is 20.3. The summed E-state index contributed by atoms with van der Waals surface area (Å²) in [5, 5.41) is 4.06. The summed E-state index contributed by atoms with van der Waals surface area (Å²) in [6.07, 6.45) is 2.90. The quantitative estimate of drug-likeness (QED) is 0.392. The average Bonchev–Trinajstić information content (AvgIpc) is 3.01. The molecule has 2 aliphatic rings. The third-order valence-electron chi connectivity index (χ3n) is 7.29. The molecular formula is C29H36N6O7. The Hall–Kier alpha value is -4.52. The van der Waals surface area contributed by atoms with Gasteiger partial charge in [0.05, 0.1) is 32.5 Å². The molecule has 0 spiro atoms. The molecule has 4 rings (SSSR count). The van der Waals surface area contributed by atoms with Crippen LogP contribution in [-0.4, -0.2) is 108 Å². The van der Waals surface area contributed by atoms with Crippen molar-refractivity contribution in [3.8, 4) is 0 Å². The molecule has 13 heteroatoms. The summed E-state index contributed by atoms with van der Waals surface area (Å²) in [6.45, 7) is 3.66. The summed E-state index contributed by atoms with van der Waals surface area (Å²) in [6, 6.07) is 11.1. The van der Waals surface area contributed by atoms with Crippen molar-refractivity contribution in [3.05, 3.63) is 60.4 Å². The highest BCUT2D eigenvalue weighted by Crippen LogP contribution is 2.20. The third kappa shape index (κ3) is 7.81. The number of hydroxylamine groups is 2. The highest BCUT2D eigenvalue weighted by molar-refractivity contribution is 5.95. The Balaban J connectivity index is 1.49. The number of nitrogens with one attached hydrogen (secondary N) is 1. The number of hydrogen-bond acceptors (Lipinski definition) is 10. The molecule has 224 valence electrons. The summed E-state index contributed by atoms with van der Waals surface area (Å²) < 4.78 is 4.76. The van der Waals surface area contributed by atoms with E-state index in [4.69, 9.17) is 9.57 Å². The minimum absolute atomic E-state index is 0.00181. The van der Waals surface area contributed by atoms with Crippen LogP contribution in [0.4, 0.5) is 5.69 Å². The largest absolute Gasteiger partial charge is 0.469 e. The van der Waals surface area contributed by atoms with Gasteiger partial charge in [-0.05, 0) is 17.7 Å². The fourth-order valence-corrected chi connectivity index (χ4v) is 5.07. The lowest BCUT2D eigenvalue weighted by Gasteiger charge is -2.40. The van der Waals surface area contributed by atoms with E-state index in [0.29, 0.717) is 32.7 Å². The fourth-order valence-electron chi connectivity index (χ4n) is 5.07. The number of aromatic nitrogens is 1. The standard InChI is InChI=1S/C29H36N6O7/c1-21(36)42-35-17-16-34(25(29(35)40)19-27(38)41-2)28(39)24(31-20-22-6-4-3-5-7-22)18-26(37)33-14-12-32(13-15-33)23-8-10-30-11-9-23/h3-11,24-25,31H,12-20H2,1-2H3/t24?,25-/m0/s1. The lowest BCUT2D eigenvalue weighted by Crippen LogP contribution is -2.62. The summed E-state index contributed by atoms with van der Waals surface area (Å²) in [7, 11) is 1.18. The van der Waals surface area contributed by atoms with Crippen LogP contribution in [0.2, 0.25) is 0 Å². The molecule has 1 unspecified atom stereocenters. The Morgan fingerprint density at radius 1 is 0.976 bits per heavy atom. The maximum Gasteiger partial charge on any atom is 0.329 e. The van der Waals surface area contributed by atoms with Gasteiger partial charge in [0.2, 0.25) is 11.8 Å². The van der Waals surface area contributed by atoms with Gasteiger partial charge in [0, 0.05) is 64.3 Å². The number of amides is 3. The maximum atomic E-state index is 14.0. The predicted octanol–water partition coefficient (Wildman–Crippen LogP) is 0.359. The molecule has 13 nitrogen and oxygen atoms in total. The molecule has 0 radical (unpaired) electrons. The first-order valence-corrected chi connectivity index (χ1v) is 13.8. The van der Waals surface area contributed by atoms with Crippen LogP contribution in [0.15, 0.2) is 54.9 Å². The van der Waals surface area contributed by atoms with E-state index in [1.165, 1.54) is 12.0 Å². The van der Waals surface area contributed by atoms with Gasteiger partial charge in [0.1, 0.15) is 6.04 Å². The smallest absolute Gasteiger partial charge is 0.329 e. The molecule has 0 saturated carbocycles. The first-order valence-electron chi connectivity index (χ1n) is 13.8. The van der Waals surface area contributed by atoms with E-state index in [2.05, 4.69) is 15.2 Å². The van der Waals surface area contributed by atoms with Crippen molar-refractivity contribution in [2.75, 3.05) is 51.3 Å². The zero-order valence-electron chi connectivity index (χ0n) is 23.8. The fraction of sp³-hybridized carbons (Fsp3) is 0.448. The Bertz CT molecular complexity index is 1250. The van der Waals surface area contributed by atoms with Crippen molar-refractivity contribution in [2.24, 2.45) is 0 Å². The summed E-state index contributed by atoms with van der Waals surface area (Å²) >= 11 is 0. The van der Waals surface area contributed by atoms with Crippen molar-refractivity contribution in [2.45, 2.75) is 38.4 Å². The lowest BCUT2D eigenvalue weighted by atomic mass is 10.0. The molecule has 3 amide bonds. The highest BCUT2D eigenvalue weighted by Gasteiger charge is 2.43. The first kappa shape index (κ1) is 30.4. The van der Waals surface area contributed by atoms with Gasteiger partial charge >= 0.3 is 11.9 Å². The minimum Gasteiger partial charge on any atom is -0.469 e. The molecule has 0 bridgehead atoms. The van der Waals surface area contributed by atoms with E-state index in [1.807, 2.05) is 42.5 Å². The summed E-state index contributed by atoms with van der Waals surface area (Å²) in [4.78, 5) is 78.6. The molecule has 2 fully saturated rings. The number of ether oxygens (including phenoxy) is 1. The number of carbonyl (C=O) groups excluding carboxylic acids is 5. The molecule has 2 saturated heterocycles. The van der Waals surface area contributed by atoms with Gasteiger partial charge in [-0.1, -0.05) is 30.3 Å². The van der Waals surface area contributed by atoms with Gasteiger partial charge in [-0.25, -0.2) is 0 Å². The number of rotatable bonds is 10. The SMILES string of the molecule is COC(=O)C[C@H]1C(=O)N(OC(C)=O)CCN1C(=O)C(CC(=O)N1CCN(c2ccncc2)CC1)NCc1ccccc1. The number of benzene rings is 1. The van der Waals surface area contributed by atoms with Crippen LogP contribution in [0.3, 0.4) is 0 Å². The lowest BCUT2D eigenvalue weighted by molar-refractivity contribution is -0.207. The monoisotopic (exact) mass is 580 g/mol. The number of anilines is 1. The van der Waals surface area contributed by atoms with Crippen LogP contribution >= 0.6 is 0 Å². The second-order valence-electron chi connectivity index (χ2n) is 10.0. The Morgan fingerprint density at radius 3 is 2.31 bits per heavy atom. The Kier molecular flexibility index (Phi) is 10.4. The molecule has 2 aliphatic heterocycles. The van der Waals surface area contributed by atoms with Crippen molar-refractivity contribution < 1.29 is 33.5 Å². The molecule has 3 heterocycles. The van der Waals surface area contributed by atoms with Crippen LogP contribution < -0.4 is 10.2 Å². The molecule has 2 aromatic rings. The van der Waals surface area contributed by atoms with Crippen molar-refractivity contribution in [1.29, 1.82) is 0 Å². The van der Waals surface area contributed by atoms with Gasteiger partial charge in [0.25, 0.3) is 5.91 Å². The zero-order chi connectivity index (χ0) is 30.1. The van der Waals surface area contributed by atoms with Crippen LogP contribution in [0.1, 0.15) is 25.3 Å². The number of piperazine rings is 2. The molecular weight excluding hydrogens is 544 g/mol. The number of esters is 1. The predicted molar refractivity (Wildman–Crippen MR) is 150 cm³/mol. The number of hydrogen-bond donors (Lipinski definition) is 1. The molecule has 0 aliphatic carbocycles. The highest BCUT2D eigenvalue weighted by atomic mass is 16.7. The molecule has 2 atom stereocenters. The molecule has 1 aromatic carbocycles. The maximum absolute atomic E-state index is 14.0.